The van der Waals surface area contributed by atoms with E-state index in [-0.39, 0.29) is 16.8 Å². The van der Waals surface area contributed by atoms with E-state index in [0.717, 1.165) is 35.6 Å². The molecule has 33 heavy (non-hydrogen) atoms. The Morgan fingerprint density at radius 1 is 1.15 bits per heavy atom. The van der Waals surface area contributed by atoms with Crippen molar-refractivity contribution in [1.29, 1.82) is 0 Å². The largest absolute Gasteiger partial charge is 0.370 e. The highest BCUT2D eigenvalue weighted by atomic mass is 32.2. The van der Waals surface area contributed by atoms with E-state index in [1.165, 1.54) is 0 Å². The fourth-order valence-electron chi connectivity index (χ4n) is 4.29. The first-order chi connectivity index (χ1) is 15.7. The lowest BCUT2D eigenvalue weighted by atomic mass is 9.94. The number of nitrogens with one attached hydrogen (secondary N) is 1. The van der Waals surface area contributed by atoms with Gasteiger partial charge in [-0.15, -0.1) is 0 Å². The summed E-state index contributed by atoms with van der Waals surface area (Å²) in [4.78, 5) is 19.2. The highest BCUT2D eigenvalue weighted by molar-refractivity contribution is 7.89. The smallest absolute Gasteiger partial charge is 0.241 e. The van der Waals surface area contributed by atoms with Crippen molar-refractivity contribution in [3.63, 3.8) is 0 Å². The lowest BCUT2D eigenvalue weighted by molar-refractivity contribution is -0.134. The van der Waals surface area contributed by atoms with E-state index >= 15 is 0 Å². The number of hydrogen-bond donors (Lipinski definition) is 3. The first-order valence-corrected chi connectivity index (χ1v) is 13.0. The normalized spacial score (nSPS) is 16.0. The van der Waals surface area contributed by atoms with Crippen LogP contribution in [0.1, 0.15) is 44.6 Å². The summed E-state index contributed by atoms with van der Waals surface area (Å²) in [5, 5.41) is 1.80. The molecule has 0 aromatic heterocycles. The summed E-state index contributed by atoms with van der Waals surface area (Å²) in [5.74, 6) is 0.410. The number of nitrogens with zero attached hydrogens (tertiary/aromatic N) is 2. The molecular formula is C24H35N5O3S. The standard InChI is InChI=1S/C24H35N5O3S/c1-3-18-10-13-29(14-11-18)23(30)22(5-4-12-27-24(25)26)28-33(31,32)21-9-8-19-7-6-17(2)15-20(19)16-21/h6-9,15-16,18,22,28H,3-5,10-14H2,1-2H3,(H4,25,26,27)/t22-/m0/s1. The fourth-order valence-corrected chi connectivity index (χ4v) is 5.54. The maximum atomic E-state index is 13.3. The number of aryl methyl sites for hydroxylation is 1. The number of aliphatic imine (C=N–C) groups is 1. The predicted molar refractivity (Wildman–Crippen MR) is 132 cm³/mol. The number of carbonyl (C=O) groups is 1. The maximum Gasteiger partial charge on any atom is 0.241 e. The molecule has 0 bridgehead atoms. The van der Waals surface area contributed by atoms with Crippen molar-refractivity contribution in [3.8, 4) is 0 Å². The summed E-state index contributed by atoms with van der Waals surface area (Å²) in [6.07, 6.45) is 3.78. The Morgan fingerprint density at radius 2 is 1.85 bits per heavy atom. The Morgan fingerprint density at radius 3 is 2.52 bits per heavy atom. The second-order valence-electron chi connectivity index (χ2n) is 8.81. The molecule has 8 nitrogen and oxygen atoms in total. The molecule has 1 aliphatic heterocycles. The van der Waals surface area contributed by atoms with Crippen LogP contribution < -0.4 is 16.2 Å². The number of likely N-dealkylation sites (tertiary alicyclic amines) is 1. The van der Waals surface area contributed by atoms with Crippen molar-refractivity contribution in [2.75, 3.05) is 19.6 Å². The van der Waals surface area contributed by atoms with Gasteiger partial charge in [-0.25, -0.2) is 8.42 Å². The van der Waals surface area contributed by atoms with Crippen LogP contribution in [0.5, 0.6) is 0 Å². The SMILES string of the molecule is CCC1CCN(C(=O)[C@H](CCCN=C(N)N)NS(=O)(=O)c2ccc3ccc(C)cc3c2)CC1. The molecule has 0 aliphatic carbocycles. The second-order valence-corrected chi connectivity index (χ2v) is 10.5. The van der Waals surface area contributed by atoms with Crippen LogP contribution in [0.4, 0.5) is 0 Å². The number of sulfonamides is 1. The summed E-state index contributed by atoms with van der Waals surface area (Å²) >= 11 is 0. The van der Waals surface area contributed by atoms with Gasteiger partial charge >= 0.3 is 0 Å². The molecule has 0 saturated carbocycles. The van der Waals surface area contributed by atoms with Gasteiger partial charge in [-0.1, -0.05) is 43.2 Å². The molecule has 3 rings (SSSR count). The number of fused-ring (bicyclic) bond motifs is 1. The third kappa shape index (κ3) is 6.68. The van der Waals surface area contributed by atoms with Gasteiger partial charge in [0, 0.05) is 19.6 Å². The molecular weight excluding hydrogens is 438 g/mol. The maximum absolute atomic E-state index is 13.3. The van der Waals surface area contributed by atoms with Crippen molar-refractivity contribution in [3.05, 3.63) is 42.0 Å². The van der Waals surface area contributed by atoms with Gasteiger partial charge < -0.3 is 16.4 Å². The highest BCUT2D eigenvalue weighted by Crippen LogP contribution is 2.23. The highest BCUT2D eigenvalue weighted by Gasteiger charge is 2.31. The molecule has 1 atom stereocenters. The third-order valence-electron chi connectivity index (χ3n) is 6.32. The van der Waals surface area contributed by atoms with Gasteiger partial charge in [0.05, 0.1) is 4.90 Å². The molecule has 1 heterocycles. The van der Waals surface area contributed by atoms with Crippen molar-refractivity contribution in [2.24, 2.45) is 22.4 Å². The summed E-state index contributed by atoms with van der Waals surface area (Å²) < 4.78 is 29.2. The van der Waals surface area contributed by atoms with Gasteiger partial charge in [0.25, 0.3) is 0 Å². The average molecular weight is 474 g/mol. The molecule has 1 fully saturated rings. The minimum Gasteiger partial charge on any atom is -0.370 e. The summed E-state index contributed by atoms with van der Waals surface area (Å²) in [6.45, 7) is 5.76. The van der Waals surface area contributed by atoms with Gasteiger partial charge in [0.1, 0.15) is 6.04 Å². The van der Waals surface area contributed by atoms with Gasteiger partial charge in [-0.05, 0) is 61.4 Å². The Labute approximate surface area is 196 Å². The molecule has 1 amide bonds. The molecule has 0 spiro atoms. The van der Waals surface area contributed by atoms with Crippen molar-refractivity contribution in [1.82, 2.24) is 9.62 Å². The van der Waals surface area contributed by atoms with Crippen LogP contribution in [-0.4, -0.2) is 50.9 Å². The van der Waals surface area contributed by atoms with Gasteiger partial charge in [0.15, 0.2) is 5.96 Å². The van der Waals surface area contributed by atoms with Crippen LogP contribution in [0, 0.1) is 12.8 Å². The Bertz CT molecular complexity index is 1100. The number of piperidine rings is 1. The Hall–Kier alpha value is -2.65. The molecule has 2 aromatic carbocycles. The van der Waals surface area contributed by atoms with Crippen LogP contribution in [0.2, 0.25) is 0 Å². The predicted octanol–water partition coefficient (Wildman–Crippen LogP) is 2.50. The van der Waals surface area contributed by atoms with E-state index < -0.39 is 16.1 Å². The minimum atomic E-state index is -3.90. The van der Waals surface area contributed by atoms with E-state index in [4.69, 9.17) is 11.5 Å². The minimum absolute atomic E-state index is 0.0217. The Kier molecular flexibility index (Phi) is 8.31. The van der Waals surface area contributed by atoms with Crippen LogP contribution in [0.25, 0.3) is 10.8 Å². The van der Waals surface area contributed by atoms with E-state index in [1.54, 1.807) is 23.1 Å². The first-order valence-electron chi connectivity index (χ1n) is 11.6. The van der Waals surface area contributed by atoms with E-state index in [2.05, 4.69) is 16.6 Å². The zero-order chi connectivity index (χ0) is 24.0. The number of amides is 1. The Balaban J connectivity index is 1.80. The van der Waals surface area contributed by atoms with Gasteiger partial charge in [-0.2, -0.15) is 4.72 Å². The second kappa shape index (κ2) is 11.0. The van der Waals surface area contributed by atoms with Crippen LogP contribution in [-0.2, 0) is 14.8 Å². The lowest BCUT2D eigenvalue weighted by Crippen LogP contribution is -2.50. The third-order valence-corrected chi connectivity index (χ3v) is 7.79. The molecule has 2 aromatic rings. The molecule has 1 saturated heterocycles. The van der Waals surface area contributed by atoms with Crippen LogP contribution >= 0.6 is 0 Å². The topological polar surface area (TPSA) is 131 Å². The number of carbonyl (C=O) groups excluding carboxylic acids is 1. The van der Waals surface area contributed by atoms with Crippen molar-refractivity contribution < 1.29 is 13.2 Å². The first kappa shape index (κ1) is 25.0. The van der Waals surface area contributed by atoms with Crippen LogP contribution in [0.15, 0.2) is 46.3 Å². The summed E-state index contributed by atoms with van der Waals surface area (Å²) in [6, 6.07) is 10.0. The number of rotatable bonds is 9. The summed E-state index contributed by atoms with van der Waals surface area (Å²) in [7, 11) is -3.90. The number of guanidine groups is 1. The molecule has 180 valence electrons. The molecule has 1 aliphatic rings. The molecule has 0 radical (unpaired) electrons. The lowest BCUT2D eigenvalue weighted by Gasteiger charge is -2.34. The summed E-state index contributed by atoms with van der Waals surface area (Å²) in [5.41, 5.74) is 11.8. The molecule has 9 heteroatoms. The van der Waals surface area contributed by atoms with Gasteiger partial charge in [0.2, 0.25) is 15.9 Å². The quantitative estimate of drug-likeness (QED) is 0.293. The molecule has 5 N–H and O–H groups in total. The monoisotopic (exact) mass is 473 g/mol. The number of nitrogens with two attached hydrogens (primary N) is 2. The fraction of sp³-hybridized carbons (Fsp3) is 0.500. The van der Waals surface area contributed by atoms with Gasteiger partial charge in [-0.3, -0.25) is 9.79 Å². The van der Waals surface area contributed by atoms with Crippen LogP contribution in [0.3, 0.4) is 0 Å². The van der Waals surface area contributed by atoms with E-state index in [0.29, 0.717) is 38.4 Å². The zero-order valence-electron chi connectivity index (χ0n) is 19.5. The number of benzene rings is 2. The average Bonchev–Trinajstić information content (AvgIpc) is 2.80. The number of hydrogen-bond acceptors (Lipinski definition) is 4. The van der Waals surface area contributed by atoms with Crippen molar-refractivity contribution in [2.45, 2.75) is 56.9 Å². The molecule has 0 unspecified atom stereocenters. The van der Waals surface area contributed by atoms with Crippen molar-refractivity contribution >= 4 is 32.7 Å². The van der Waals surface area contributed by atoms with E-state index in [9.17, 15) is 13.2 Å². The zero-order valence-corrected chi connectivity index (χ0v) is 20.3. The van der Waals surface area contributed by atoms with E-state index in [1.807, 2.05) is 25.1 Å².